The van der Waals surface area contributed by atoms with E-state index in [0.29, 0.717) is 18.0 Å². The fourth-order valence-corrected chi connectivity index (χ4v) is 2.92. The van der Waals surface area contributed by atoms with Gasteiger partial charge in [0.25, 0.3) is 0 Å². The molecule has 2 atom stereocenters. The highest BCUT2D eigenvalue weighted by atomic mass is 15.3. The first-order valence-electron chi connectivity index (χ1n) is 6.50. The van der Waals surface area contributed by atoms with Gasteiger partial charge in [-0.2, -0.15) is 10.5 Å². The van der Waals surface area contributed by atoms with E-state index in [9.17, 15) is 5.26 Å². The standard InChI is InChI=1S/C15H18N4/c1-12-10-18(2)11-14(7-8-16)19(12)15-6-4-3-5-13(15)9-17/h3-6,12,14H,7,10-11H2,1-2H3. The minimum atomic E-state index is 0.147. The fraction of sp³-hybridized carbons (Fsp3) is 0.467. The highest BCUT2D eigenvalue weighted by molar-refractivity contribution is 5.61. The molecule has 1 aromatic carbocycles. The molecule has 0 spiro atoms. The number of anilines is 1. The Morgan fingerprint density at radius 3 is 2.68 bits per heavy atom. The van der Waals surface area contributed by atoms with Gasteiger partial charge in [-0.15, -0.1) is 0 Å². The number of nitrogens with zero attached hydrogens (tertiary/aromatic N) is 4. The van der Waals surface area contributed by atoms with Crippen LogP contribution in [0.4, 0.5) is 5.69 Å². The zero-order chi connectivity index (χ0) is 13.8. The predicted octanol–water partition coefficient (Wildman–Crippen LogP) is 1.98. The topological polar surface area (TPSA) is 54.1 Å². The lowest BCUT2D eigenvalue weighted by Crippen LogP contribution is -2.57. The van der Waals surface area contributed by atoms with Gasteiger partial charge in [-0.05, 0) is 26.1 Å². The molecule has 0 radical (unpaired) electrons. The first-order valence-corrected chi connectivity index (χ1v) is 6.50. The highest BCUT2D eigenvalue weighted by Crippen LogP contribution is 2.28. The molecule has 1 aliphatic heterocycles. The number of rotatable bonds is 2. The number of para-hydroxylation sites is 1. The summed E-state index contributed by atoms with van der Waals surface area (Å²) in [5, 5.41) is 18.3. The Morgan fingerprint density at radius 2 is 2.00 bits per heavy atom. The van der Waals surface area contributed by atoms with Gasteiger partial charge in [0.2, 0.25) is 0 Å². The van der Waals surface area contributed by atoms with E-state index >= 15 is 0 Å². The molecule has 0 amide bonds. The summed E-state index contributed by atoms with van der Waals surface area (Å²) in [5.41, 5.74) is 1.63. The number of benzene rings is 1. The number of nitriles is 2. The summed E-state index contributed by atoms with van der Waals surface area (Å²) in [6.45, 7) is 3.95. The van der Waals surface area contributed by atoms with Crippen molar-refractivity contribution in [2.24, 2.45) is 0 Å². The van der Waals surface area contributed by atoms with Crippen LogP contribution >= 0.6 is 0 Å². The van der Waals surface area contributed by atoms with Crippen LogP contribution in [-0.2, 0) is 0 Å². The van der Waals surface area contributed by atoms with Crippen LogP contribution in [0.2, 0.25) is 0 Å². The van der Waals surface area contributed by atoms with Crippen LogP contribution in [0.1, 0.15) is 18.9 Å². The predicted molar refractivity (Wildman–Crippen MR) is 74.6 cm³/mol. The molecule has 1 aliphatic rings. The van der Waals surface area contributed by atoms with Crippen LogP contribution in [-0.4, -0.2) is 37.1 Å². The summed E-state index contributed by atoms with van der Waals surface area (Å²) in [6.07, 6.45) is 0.481. The normalized spacial score (nSPS) is 23.7. The molecule has 1 fully saturated rings. The Labute approximate surface area is 114 Å². The lowest BCUT2D eigenvalue weighted by molar-refractivity contribution is 0.233. The molecule has 1 aromatic rings. The van der Waals surface area contributed by atoms with Gasteiger partial charge < -0.3 is 9.80 Å². The molecule has 0 saturated carbocycles. The second-order valence-corrected chi connectivity index (χ2v) is 5.12. The van der Waals surface area contributed by atoms with Gasteiger partial charge in [-0.25, -0.2) is 0 Å². The van der Waals surface area contributed by atoms with Gasteiger partial charge in [0.05, 0.1) is 29.8 Å². The van der Waals surface area contributed by atoms with E-state index in [4.69, 9.17) is 5.26 Å². The lowest BCUT2D eigenvalue weighted by Gasteiger charge is -2.45. The molecule has 0 bridgehead atoms. The zero-order valence-electron chi connectivity index (χ0n) is 11.4. The van der Waals surface area contributed by atoms with Crippen molar-refractivity contribution < 1.29 is 0 Å². The molecule has 1 saturated heterocycles. The summed E-state index contributed by atoms with van der Waals surface area (Å²) in [6, 6.07) is 12.6. The van der Waals surface area contributed by atoms with E-state index in [1.807, 2.05) is 24.3 Å². The van der Waals surface area contributed by atoms with Crippen molar-refractivity contribution in [2.45, 2.75) is 25.4 Å². The van der Waals surface area contributed by atoms with Crippen molar-refractivity contribution >= 4 is 5.69 Å². The van der Waals surface area contributed by atoms with Crippen molar-refractivity contribution in [1.29, 1.82) is 10.5 Å². The molecular formula is C15H18N4. The zero-order valence-corrected chi connectivity index (χ0v) is 11.4. The summed E-state index contributed by atoms with van der Waals surface area (Å²) in [4.78, 5) is 4.49. The summed E-state index contributed by atoms with van der Waals surface area (Å²) >= 11 is 0. The molecule has 0 aromatic heterocycles. The second kappa shape index (κ2) is 5.73. The maximum Gasteiger partial charge on any atom is 0.101 e. The maximum absolute atomic E-state index is 9.25. The summed E-state index contributed by atoms with van der Waals surface area (Å²) in [7, 11) is 2.08. The number of hydrogen-bond acceptors (Lipinski definition) is 4. The number of hydrogen-bond donors (Lipinski definition) is 0. The van der Waals surface area contributed by atoms with Crippen LogP contribution in [0.25, 0.3) is 0 Å². The minimum Gasteiger partial charge on any atom is -0.361 e. The first-order chi connectivity index (χ1) is 9.17. The van der Waals surface area contributed by atoms with Crippen LogP contribution in [0, 0.1) is 22.7 Å². The molecule has 4 nitrogen and oxygen atoms in total. The Bertz CT molecular complexity index is 526. The molecular weight excluding hydrogens is 236 g/mol. The van der Waals surface area contributed by atoms with Crippen LogP contribution in [0.5, 0.6) is 0 Å². The number of piperazine rings is 1. The Hall–Kier alpha value is -2.04. The first kappa shape index (κ1) is 13.4. The van der Waals surface area contributed by atoms with Gasteiger partial charge in [-0.3, -0.25) is 0 Å². The van der Waals surface area contributed by atoms with E-state index in [-0.39, 0.29) is 6.04 Å². The average Bonchev–Trinajstić information content (AvgIpc) is 2.39. The Kier molecular flexibility index (Phi) is 4.04. The van der Waals surface area contributed by atoms with E-state index in [1.54, 1.807) is 0 Å². The summed E-state index contributed by atoms with van der Waals surface area (Å²) < 4.78 is 0. The molecule has 1 heterocycles. The largest absolute Gasteiger partial charge is 0.361 e. The number of likely N-dealkylation sites (N-methyl/N-ethyl adjacent to an activating group) is 1. The van der Waals surface area contributed by atoms with E-state index in [1.165, 1.54) is 0 Å². The van der Waals surface area contributed by atoms with Gasteiger partial charge in [0, 0.05) is 19.1 Å². The minimum absolute atomic E-state index is 0.147. The molecule has 2 rings (SSSR count). The highest BCUT2D eigenvalue weighted by Gasteiger charge is 2.31. The van der Waals surface area contributed by atoms with Crippen molar-refractivity contribution in [3.63, 3.8) is 0 Å². The lowest BCUT2D eigenvalue weighted by atomic mass is 10.0. The third-order valence-corrected chi connectivity index (χ3v) is 3.60. The van der Waals surface area contributed by atoms with Gasteiger partial charge in [0.15, 0.2) is 0 Å². The summed E-state index contributed by atoms with van der Waals surface area (Å²) in [5.74, 6) is 0. The van der Waals surface area contributed by atoms with Crippen molar-refractivity contribution in [3.05, 3.63) is 29.8 Å². The monoisotopic (exact) mass is 254 g/mol. The van der Waals surface area contributed by atoms with Crippen LogP contribution in [0.3, 0.4) is 0 Å². The third-order valence-electron chi connectivity index (χ3n) is 3.60. The average molecular weight is 254 g/mol. The molecule has 4 heteroatoms. The van der Waals surface area contributed by atoms with Crippen LogP contribution in [0.15, 0.2) is 24.3 Å². The molecule has 98 valence electrons. The Balaban J connectivity index is 2.39. The van der Waals surface area contributed by atoms with Gasteiger partial charge in [-0.1, -0.05) is 12.1 Å². The van der Waals surface area contributed by atoms with E-state index < -0.39 is 0 Å². The molecule has 19 heavy (non-hydrogen) atoms. The molecule has 0 N–H and O–H groups in total. The van der Waals surface area contributed by atoms with E-state index in [0.717, 1.165) is 18.8 Å². The van der Waals surface area contributed by atoms with E-state index in [2.05, 4.69) is 35.9 Å². The van der Waals surface area contributed by atoms with Crippen molar-refractivity contribution in [3.8, 4) is 12.1 Å². The van der Waals surface area contributed by atoms with Crippen molar-refractivity contribution in [1.82, 2.24) is 4.90 Å². The molecule has 0 aliphatic carbocycles. The SMILES string of the molecule is CC1CN(C)CC(CC#N)N1c1ccccc1C#N. The van der Waals surface area contributed by atoms with Gasteiger partial charge in [0.1, 0.15) is 6.07 Å². The maximum atomic E-state index is 9.25. The van der Waals surface area contributed by atoms with Crippen molar-refractivity contribution in [2.75, 3.05) is 25.0 Å². The van der Waals surface area contributed by atoms with Gasteiger partial charge >= 0.3 is 0 Å². The fourth-order valence-electron chi connectivity index (χ4n) is 2.92. The third kappa shape index (κ3) is 2.70. The quantitative estimate of drug-likeness (QED) is 0.809. The Morgan fingerprint density at radius 1 is 1.26 bits per heavy atom. The second-order valence-electron chi connectivity index (χ2n) is 5.12. The smallest absolute Gasteiger partial charge is 0.101 e. The molecule has 2 unspecified atom stereocenters. The van der Waals surface area contributed by atoms with Crippen LogP contribution < -0.4 is 4.90 Å².